The van der Waals surface area contributed by atoms with Crippen LogP contribution in [0.25, 0.3) is 17.0 Å². The van der Waals surface area contributed by atoms with Crippen LogP contribution in [0.3, 0.4) is 0 Å². The molecule has 3 heterocycles. The van der Waals surface area contributed by atoms with E-state index >= 15 is 0 Å². The molecular weight excluding hydrogens is 433 g/mol. The highest BCUT2D eigenvalue weighted by molar-refractivity contribution is 7.99. The van der Waals surface area contributed by atoms with Gasteiger partial charge in [-0.25, -0.2) is 18.9 Å². The second-order valence-corrected chi connectivity index (χ2v) is 10.6. The molecule has 3 N–H and O–H groups in total. The average Bonchev–Trinajstić information content (AvgIpc) is 3.50. The van der Waals surface area contributed by atoms with E-state index in [-0.39, 0.29) is 11.6 Å². The summed E-state index contributed by atoms with van der Waals surface area (Å²) < 4.78 is 33.8. The van der Waals surface area contributed by atoms with Gasteiger partial charge in [0, 0.05) is 29.4 Å². The van der Waals surface area contributed by atoms with Gasteiger partial charge in [0.2, 0.25) is 11.9 Å². The Kier molecular flexibility index (Phi) is 4.88. The van der Waals surface area contributed by atoms with Crippen LogP contribution < -0.4 is 15.4 Å². The molecule has 0 spiro atoms. The zero-order valence-electron chi connectivity index (χ0n) is 18.0. The van der Waals surface area contributed by atoms with Gasteiger partial charge < -0.3 is 15.0 Å². The van der Waals surface area contributed by atoms with Crippen molar-refractivity contribution < 1.29 is 13.3 Å². The lowest BCUT2D eigenvalue weighted by Crippen LogP contribution is -2.44. The van der Waals surface area contributed by atoms with E-state index in [1.165, 1.54) is 6.07 Å². The smallest absolute Gasteiger partial charge is 0.239 e. The van der Waals surface area contributed by atoms with Gasteiger partial charge in [-0.2, -0.15) is 4.98 Å². The van der Waals surface area contributed by atoms with Crippen LogP contribution in [0, 0.1) is 5.82 Å². The number of morpholine rings is 1. The maximum absolute atomic E-state index is 14.5. The summed E-state index contributed by atoms with van der Waals surface area (Å²) >= 11 is 0. The Morgan fingerprint density at radius 2 is 2.12 bits per heavy atom. The molecule has 1 aliphatic heterocycles. The van der Waals surface area contributed by atoms with Crippen molar-refractivity contribution in [1.29, 1.82) is 0 Å². The number of ether oxygens (including phenoxy) is 1. The first-order valence-electron chi connectivity index (χ1n) is 10.5. The minimum atomic E-state index is -2.89. The molecule has 0 amide bonds. The van der Waals surface area contributed by atoms with Crippen LogP contribution in [0.4, 0.5) is 16.2 Å². The third kappa shape index (κ3) is 3.23. The van der Waals surface area contributed by atoms with Crippen LogP contribution in [0.2, 0.25) is 0 Å². The van der Waals surface area contributed by atoms with Crippen LogP contribution in [-0.2, 0) is 19.2 Å². The molecule has 2 atom stereocenters. The van der Waals surface area contributed by atoms with Gasteiger partial charge in [0.15, 0.2) is 5.82 Å². The molecule has 2 aliphatic rings. The molecule has 170 valence electrons. The van der Waals surface area contributed by atoms with Gasteiger partial charge in [-0.15, -0.1) is 0 Å². The van der Waals surface area contributed by atoms with Crippen molar-refractivity contribution in [2.24, 2.45) is 5.14 Å². The largest absolute Gasteiger partial charge is 0.377 e. The summed E-state index contributed by atoms with van der Waals surface area (Å²) in [6, 6.07) is 6.70. The van der Waals surface area contributed by atoms with E-state index in [0.717, 1.165) is 0 Å². The third-order valence-corrected chi connectivity index (χ3v) is 8.19. The molecule has 2 fully saturated rings. The van der Waals surface area contributed by atoms with Crippen molar-refractivity contribution in [3.63, 3.8) is 0 Å². The Morgan fingerprint density at radius 1 is 1.34 bits per heavy atom. The summed E-state index contributed by atoms with van der Waals surface area (Å²) in [6.07, 6.45) is 1.27. The Morgan fingerprint density at radius 3 is 2.78 bits per heavy atom. The molecule has 1 saturated heterocycles. The molecule has 1 unspecified atom stereocenters. The SMILES string of the molecule is C=S(N)(=O)C1(c2cc(N3CCOC[C@H]3C)nc(-n3c(NC)nc4c(F)cccc43)n2)CC1. The quantitative estimate of drug-likeness (QED) is 0.560. The Bertz CT molecular complexity index is 1300. The summed E-state index contributed by atoms with van der Waals surface area (Å²) in [5.41, 5.74) is 1.33. The highest BCUT2D eigenvalue weighted by Crippen LogP contribution is 2.51. The molecule has 0 radical (unpaired) electrons. The highest BCUT2D eigenvalue weighted by Gasteiger charge is 2.52. The van der Waals surface area contributed by atoms with Crippen LogP contribution >= 0.6 is 0 Å². The number of hydrogen-bond acceptors (Lipinski definition) is 7. The molecule has 1 aromatic carbocycles. The van der Waals surface area contributed by atoms with E-state index in [9.17, 15) is 8.60 Å². The topological polar surface area (TPSA) is 111 Å². The number of fused-ring (bicyclic) bond motifs is 1. The van der Waals surface area contributed by atoms with Crippen molar-refractivity contribution in [1.82, 2.24) is 19.5 Å². The molecule has 0 bridgehead atoms. The van der Waals surface area contributed by atoms with Crippen LogP contribution in [0.1, 0.15) is 25.5 Å². The lowest BCUT2D eigenvalue weighted by molar-refractivity contribution is 0.0985. The lowest BCUT2D eigenvalue weighted by atomic mass is 10.2. The fourth-order valence-corrected chi connectivity index (χ4v) is 5.55. The Labute approximate surface area is 185 Å². The molecular formula is C21H26FN7O2S. The zero-order chi connectivity index (χ0) is 22.7. The number of aromatic nitrogens is 4. The fourth-order valence-electron chi connectivity index (χ4n) is 4.30. The number of para-hydroxylation sites is 1. The number of rotatable bonds is 5. The number of halogens is 1. The third-order valence-electron chi connectivity index (χ3n) is 6.25. The number of nitrogens with two attached hydrogens (primary N) is 1. The molecule has 5 rings (SSSR count). The van der Waals surface area contributed by atoms with E-state index in [2.05, 4.69) is 28.0 Å². The molecule has 32 heavy (non-hydrogen) atoms. The van der Waals surface area contributed by atoms with E-state index in [0.29, 0.717) is 61.5 Å². The van der Waals surface area contributed by atoms with Crippen molar-refractivity contribution in [3.8, 4) is 5.95 Å². The van der Waals surface area contributed by atoms with Gasteiger partial charge in [0.1, 0.15) is 11.3 Å². The van der Waals surface area contributed by atoms with E-state index in [4.69, 9.17) is 19.8 Å². The number of nitrogens with zero attached hydrogens (tertiary/aromatic N) is 5. The van der Waals surface area contributed by atoms with Crippen molar-refractivity contribution in [2.45, 2.75) is 30.6 Å². The predicted molar refractivity (Wildman–Crippen MR) is 124 cm³/mol. The molecule has 9 nitrogen and oxygen atoms in total. The summed E-state index contributed by atoms with van der Waals surface area (Å²) in [4.78, 5) is 16.1. The summed E-state index contributed by atoms with van der Waals surface area (Å²) in [7, 11) is -1.19. The Balaban J connectivity index is 1.76. The van der Waals surface area contributed by atoms with Crippen LogP contribution in [-0.4, -0.2) is 62.4 Å². The first-order valence-corrected chi connectivity index (χ1v) is 12.3. The van der Waals surface area contributed by atoms with Gasteiger partial charge in [-0.05, 0) is 37.8 Å². The maximum atomic E-state index is 14.5. The lowest BCUT2D eigenvalue weighted by Gasteiger charge is -2.35. The van der Waals surface area contributed by atoms with Crippen molar-refractivity contribution >= 4 is 38.4 Å². The Hall–Kier alpha value is -2.76. The summed E-state index contributed by atoms with van der Waals surface area (Å²) in [5, 5.41) is 9.04. The monoisotopic (exact) mass is 459 g/mol. The number of hydrogen-bond donors (Lipinski definition) is 2. The van der Waals surface area contributed by atoms with Crippen molar-refractivity contribution in [3.05, 3.63) is 35.8 Å². The molecule has 2 aromatic heterocycles. The summed E-state index contributed by atoms with van der Waals surface area (Å²) in [5.74, 6) is 4.71. The predicted octanol–water partition coefficient (Wildman–Crippen LogP) is 1.80. The standard InChI is InChI=1S/C21H26FN7O2S/c1-13-12-31-10-9-28(13)17-11-16(21(7-8-21)32(3,23)30)25-20(26-17)29-15-6-4-5-14(22)18(15)27-19(29)24-2/h4-6,11,13H,3,7-10,12H2,1-2H3,(H2,23,30)(H,24,27)/t13-,32?/m1/s1. The number of nitrogens with one attached hydrogen (secondary N) is 1. The fraction of sp³-hybridized carbons (Fsp3) is 0.429. The first-order chi connectivity index (χ1) is 15.2. The van der Waals surface area contributed by atoms with Gasteiger partial charge in [0.05, 0.1) is 35.2 Å². The second kappa shape index (κ2) is 7.39. The number of anilines is 2. The van der Waals surface area contributed by atoms with Crippen LogP contribution in [0.5, 0.6) is 0 Å². The molecule has 3 aromatic rings. The highest BCUT2D eigenvalue weighted by atomic mass is 32.2. The van der Waals surface area contributed by atoms with Gasteiger partial charge in [-0.3, -0.25) is 9.35 Å². The molecule has 11 heteroatoms. The van der Waals surface area contributed by atoms with Gasteiger partial charge in [0.25, 0.3) is 0 Å². The first kappa shape index (κ1) is 21.1. The van der Waals surface area contributed by atoms with Gasteiger partial charge >= 0.3 is 0 Å². The minimum absolute atomic E-state index is 0.0947. The number of imidazole rings is 1. The second-order valence-electron chi connectivity index (χ2n) is 8.38. The average molecular weight is 460 g/mol. The summed E-state index contributed by atoms with van der Waals surface area (Å²) in [6.45, 7) is 3.87. The minimum Gasteiger partial charge on any atom is -0.377 e. The van der Waals surface area contributed by atoms with E-state index in [1.54, 1.807) is 23.7 Å². The molecule has 1 saturated carbocycles. The van der Waals surface area contributed by atoms with Gasteiger partial charge in [-0.1, -0.05) is 6.07 Å². The zero-order valence-corrected chi connectivity index (χ0v) is 18.9. The van der Waals surface area contributed by atoms with E-state index in [1.807, 2.05) is 6.07 Å². The van der Waals surface area contributed by atoms with Crippen LogP contribution in [0.15, 0.2) is 24.3 Å². The molecule has 1 aliphatic carbocycles. The normalized spacial score (nSPS) is 22.0. The van der Waals surface area contributed by atoms with Crippen molar-refractivity contribution in [2.75, 3.05) is 37.0 Å². The van der Waals surface area contributed by atoms with E-state index < -0.39 is 20.3 Å². The number of benzene rings is 1. The maximum Gasteiger partial charge on any atom is 0.239 e.